The highest BCUT2D eigenvalue weighted by molar-refractivity contribution is 5.84. The molecule has 1 amide bonds. The third-order valence-electron chi connectivity index (χ3n) is 2.82. The van der Waals surface area contributed by atoms with Crippen molar-refractivity contribution in [2.75, 3.05) is 11.9 Å². The van der Waals surface area contributed by atoms with Crippen molar-refractivity contribution < 1.29 is 14.3 Å². The fourth-order valence-corrected chi connectivity index (χ4v) is 1.81. The molecule has 0 saturated carbocycles. The monoisotopic (exact) mass is 307 g/mol. The number of nitrogens with one attached hydrogen (secondary N) is 2. The number of nitrogens with zero attached hydrogens (tertiary/aromatic N) is 3. The highest BCUT2D eigenvalue weighted by atomic mass is 16.5. The zero-order valence-electron chi connectivity index (χ0n) is 12.4. The number of aromatic amines is 1. The molecule has 0 aliphatic rings. The number of ether oxygens (including phenoxy) is 1. The number of anilines is 1. The summed E-state index contributed by atoms with van der Waals surface area (Å²) in [5.41, 5.74) is -0.176. The van der Waals surface area contributed by atoms with Gasteiger partial charge in [-0.05, 0) is 13.3 Å². The van der Waals surface area contributed by atoms with Gasteiger partial charge in [-0.25, -0.2) is 9.78 Å². The van der Waals surface area contributed by atoms with Gasteiger partial charge in [-0.3, -0.25) is 19.9 Å². The Hall–Kier alpha value is -2.71. The summed E-state index contributed by atoms with van der Waals surface area (Å²) in [5.74, 6) is -0.154. The summed E-state index contributed by atoms with van der Waals surface area (Å²) >= 11 is 0. The first-order chi connectivity index (χ1) is 10.5. The van der Waals surface area contributed by atoms with Gasteiger partial charge in [0.05, 0.1) is 19.5 Å². The van der Waals surface area contributed by atoms with Gasteiger partial charge in [-0.1, -0.05) is 13.3 Å². The average molecular weight is 307 g/mol. The predicted octanol–water partition coefficient (Wildman–Crippen LogP) is 1.06. The summed E-state index contributed by atoms with van der Waals surface area (Å²) in [6.45, 7) is 3.73. The molecule has 2 aromatic rings. The standard InChI is InChI=1S/C13H17N5O4/c1-3-4-5-22-13(21)17-12-15-10-9(11(20)16-12)14-7-18(10)6-8(2)19/h7H,3-6H2,1-2H3,(H2,15,16,17,20,21). The molecule has 2 heterocycles. The third-order valence-corrected chi connectivity index (χ3v) is 2.82. The Morgan fingerprint density at radius 3 is 2.91 bits per heavy atom. The fraction of sp³-hybridized carbons (Fsp3) is 0.462. The lowest BCUT2D eigenvalue weighted by molar-refractivity contribution is -0.117. The molecule has 9 heteroatoms. The van der Waals surface area contributed by atoms with E-state index in [-0.39, 0.29) is 36.0 Å². The molecular formula is C13H17N5O4. The van der Waals surface area contributed by atoms with Crippen LogP contribution in [0.5, 0.6) is 0 Å². The minimum atomic E-state index is -0.700. The lowest BCUT2D eigenvalue weighted by Gasteiger charge is -2.06. The molecule has 2 N–H and O–H groups in total. The summed E-state index contributed by atoms with van der Waals surface area (Å²) in [7, 11) is 0. The fourth-order valence-electron chi connectivity index (χ4n) is 1.81. The number of fused-ring (bicyclic) bond motifs is 1. The molecule has 2 rings (SSSR count). The summed E-state index contributed by atoms with van der Waals surface area (Å²) in [6.07, 6.45) is 2.31. The topological polar surface area (TPSA) is 119 Å². The largest absolute Gasteiger partial charge is 0.449 e. The molecule has 2 aromatic heterocycles. The molecule has 0 aliphatic heterocycles. The number of unbranched alkanes of at least 4 members (excludes halogenated alkanes) is 1. The van der Waals surface area contributed by atoms with Crippen LogP contribution < -0.4 is 10.9 Å². The highest BCUT2D eigenvalue weighted by Crippen LogP contribution is 2.08. The number of ketones is 1. The number of amides is 1. The van der Waals surface area contributed by atoms with Crippen LogP contribution in [-0.4, -0.2) is 38.0 Å². The minimum Gasteiger partial charge on any atom is -0.449 e. The maximum atomic E-state index is 11.9. The van der Waals surface area contributed by atoms with E-state index < -0.39 is 11.7 Å². The molecule has 0 aromatic carbocycles. The molecule has 0 spiro atoms. The number of Topliss-reactive ketones (excluding diaryl/α,β-unsaturated/α-hetero) is 1. The summed E-state index contributed by atoms with van der Waals surface area (Å²) in [5, 5.41) is 2.35. The number of aromatic nitrogens is 4. The van der Waals surface area contributed by atoms with E-state index >= 15 is 0 Å². The number of rotatable bonds is 6. The Morgan fingerprint density at radius 1 is 1.45 bits per heavy atom. The van der Waals surface area contributed by atoms with Crippen molar-refractivity contribution >= 4 is 29.0 Å². The van der Waals surface area contributed by atoms with Crippen LogP contribution in [0.3, 0.4) is 0 Å². The van der Waals surface area contributed by atoms with Crippen molar-refractivity contribution in [1.82, 2.24) is 19.5 Å². The van der Waals surface area contributed by atoms with Crippen LogP contribution in [0.25, 0.3) is 11.2 Å². The van der Waals surface area contributed by atoms with E-state index in [1.807, 2.05) is 6.92 Å². The van der Waals surface area contributed by atoms with Gasteiger partial charge in [0, 0.05) is 0 Å². The van der Waals surface area contributed by atoms with Crippen LogP contribution in [-0.2, 0) is 16.1 Å². The Bertz CT molecular complexity index is 748. The van der Waals surface area contributed by atoms with Crippen molar-refractivity contribution in [3.8, 4) is 0 Å². The van der Waals surface area contributed by atoms with Crippen molar-refractivity contribution in [2.24, 2.45) is 0 Å². The van der Waals surface area contributed by atoms with Crippen LogP contribution in [0.2, 0.25) is 0 Å². The Balaban J connectivity index is 2.22. The molecule has 0 fully saturated rings. The van der Waals surface area contributed by atoms with Gasteiger partial charge in [0.15, 0.2) is 11.2 Å². The second-order valence-corrected chi connectivity index (χ2v) is 4.78. The Labute approximate surface area is 125 Å². The number of hydrogen-bond acceptors (Lipinski definition) is 6. The zero-order valence-corrected chi connectivity index (χ0v) is 12.4. The van der Waals surface area contributed by atoms with Crippen LogP contribution in [0.15, 0.2) is 11.1 Å². The molecule has 0 saturated heterocycles. The first-order valence-corrected chi connectivity index (χ1v) is 6.89. The molecule has 0 atom stereocenters. The van der Waals surface area contributed by atoms with Crippen molar-refractivity contribution in [3.63, 3.8) is 0 Å². The summed E-state index contributed by atoms with van der Waals surface area (Å²) < 4.78 is 6.37. The summed E-state index contributed by atoms with van der Waals surface area (Å²) in [6, 6.07) is 0. The lowest BCUT2D eigenvalue weighted by Crippen LogP contribution is -2.20. The highest BCUT2D eigenvalue weighted by Gasteiger charge is 2.13. The first-order valence-electron chi connectivity index (χ1n) is 6.89. The van der Waals surface area contributed by atoms with E-state index in [9.17, 15) is 14.4 Å². The number of carbonyl (C=O) groups excluding carboxylic acids is 2. The van der Waals surface area contributed by atoms with Crippen LogP contribution in [0, 0.1) is 0 Å². The van der Waals surface area contributed by atoms with E-state index in [1.165, 1.54) is 17.8 Å². The second-order valence-electron chi connectivity index (χ2n) is 4.78. The normalized spacial score (nSPS) is 10.6. The first kappa shape index (κ1) is 15.7. The molecule has 22 heavy (non-hydrogen) atoms. The molecule has 0 unspecified atom stereocenters. The number of hydrogen-bond donors (Lipinski definition) is 2. The number of carbonyl (C=O) groups is 2. The number of H-pyrrole nitrogens is 1. The van der Waals surface area contributed by atoms with Gasteiger partial charge in [-0.2, -0.15) is 4.98 Å². The smallest absolute Gasteiger partial charge is 0.413 e. The van der Waals surface area contributed by atoms with Crippen molar-refractivity contribution in [3.05, 3.63) is 16.7 Å². The predicted molar refractivity (Wildman–Crippen MR) is 78.7 cm³/mol. The molecule has 0 aliphatic carbocycles. The van der Waals surface area contributed by atoms with Gasteiger partial charge in [0.25, 0.3) is 5.56 Å². The van der Waals surface area contributed by atoms with E-state index in [4.69, 9.17) is 4.74 Å². The number of imidazole rings is 1. The minimum absolute atomic E-state index is 0.0489. The van der Waals surface area contributed by atoms with Crippen LogP contribution in [0.4, 0.5) is 10.7 Å². The van der Waals surface area contributed by atoms with E-state index in [0.717, 1.165) is 12.8 Å². The van der Waals surface area contributed by atoms with Gasteiger partial charge in [0.2, 0.25) is 5.95 Å². The average Bonchev–Trinajstić information content (AvgIpc) is 2.82. The molecule has 0 bridgehead atoms. The van der Waals surface area contributed by atoms with Gasteiger partial charge in [0.1, 0.15) is 5.78 Å². The second kappa shape index (κ2) is 6.83. The van der Waals surface area contributed by atoms with Crippen molar-refractivity contribution in [2.45, 2.75) is 33.2 Å². The van der Waals surface area contributed by atoms with E-state index in [0.29, 0.717) is 0 Å². The summed E-state index contributed by atoms with van der Waals surface area (Å²) in [4.78, 5) is 45.1. The van der Waals surface area contributed by atoms with Gasteiger partial charge >= 0.3 is 6.09 Å². The Morgan fingerprint density at radius 2 is 2.23 bits per heavy atom. The molecule has 0 radical (unpaired) electrons. The quantitative estimate of drug-likeness (QED) is 0.770. The van der Waals surface area contributed by atoms with Gasteiger partial charge < -0.3 is 9.30 Å². The molecular weight excluding hydrogens is 290 g/mol. The van der Waals surface area contributed by atoms with E-state index in [2.05, 4.69) is 20.3 Å². The van der Waals surface area contributed by atoms with Crippen LogP contribution >= 0.6 is 0 Å². The SMILES string of the molecule is CCCCOC(=O)Nc1nc2c(ncn2CC(C)=O)c(=O)[nH]1. The van der Waals surface area contributed by atoms with Crippen molar-refractivity contribution in [1.29, 1.82) is 0 Å². The molecule has 118 valence electrons. The third kappa shape index (κ3) is 3.68. The Kier molecular flexibility index (Phi) is 4.87. The van der Waals surface area contributed by atoms with Crippen LogP contribution in [0.1, 0.15) is 26.7 Å². The molecule has 9 nitrogen and oxygen atoms in total. The lowest BCUT2D eigenvalue weighted by atomic mass is 10.4. The van der Waals surface area contributed by atoms with Gasteiger partial charge in [-0.15, -0.1) is 0 Å². The maximum absolute atomic E-state index is 11.9. The zero-order chi connectivity index (χ0) is 16.1. The maximum Gasteiger partial charge on any atom is 0.413 e. The van der Waals surface area contributed by atoms with E-state index in [1.54, 1.807) is 0 Å².